The first-order chi connectivity index (χ1) is 9.11. The fourth-order valence-electron chi connectivity index (χ4n) is 2.83. The largest absolute Gasteiger partial charge is 0.492 e. The lowest BCUT2D eigenvalue weighted by atomic mass is 9.62. The molecule has 1 fully saturated rings. The molecule has 0 spiro atoms. The number of hydrogen-bond donors (Lipinski definition) is 2. The van der Waals surface area contributed by atoms with Gasteiger partial charge in [0.25, 0.3) is 0 Å². The van der Waals surface area contributed by atoms with E-state index in [1.165, 1.54) is 0 Å². The fourth-order valence-corrected chi connectivity index (χ4v) is 2.83. The lowest BCUT2D eigenvalue weighted by Gasteiger charge is -2.44. The summed E-state index contributed by atoms with van der Waals surface area (Å²) in [5.41, 5.74) is 6.12. The van der Waals surface area contributed by atoms with Gasteiger partial charge in [-0.25, -0.2) is 0 Å². The molecule has 0 saturated heterocycles. The fraction of sp³-hybridized carbons (Fsp3) is 0.533. The first kappa shape index (κ1) is 13.9. The third kappa shape index (κ3) is 2.73. The zero-order chi connectivity index (χ0) is 13.9. The van der Waals surface area contributed by atoms with E-state index in [1.807, 2.05) is 31.2 Å². The SMILES string of the molecule is CCOc1ccccc1NC(=O)C1(CN)CC(C)C1. The van der Waals surface area contributed by atoms with Crippen molar-refractivity contribution in [2.24, 2.45) is 17.1 Å². The highest BCUT2D eigenvalue weighted by atomic mass is 16.5. The number of anilines is 1. The molecule has 1 aliphatic rings. The number of rotatable bonds is 5. The standard InChI is InChI=1S/C15H22N2O2/c1-3-19-13-7-5-4-6-12(13)17-14(18)15(10-16)8-11(2)9-15/h4-7,11H,3,8-10,16H2,1-2H3,(H,17,18). The Morgan fingerprint density at radius 1 is 1.47 bits per heavy atom. The first-order valence-corrected chi connectivity index (χ1v) is 6.84. The average Bonchev–Trinajstić information content (AvgIpc) is 2.37. The summed E-state index contributed by atoms with van der Waals surface area (Å²) < 4.78 is 5.51. The van der Waals surface area contributed by atoms with Crippen LogP contribution in [0.1, 0.15) is 26.7 Å². The van der Waals surface area contributed by atoms with Gasteiger partial charge in [-0.2, -0.15) is 0 Å². The summed E-state index contributed by atoms with van der Waals surface area (Å²) in [5, 5.41) is 2.97. The van der Waals surface area contributed by atoms with Crippen LogP contribution in [-0.2, 0) is 4.79 Å². The molecular formula is C15H22N2O2. The van der Waals surface area contributed by atoms with Gasteiger partial charge in [-0.15, -0.1) is 0 Å². The van der Waals surface area contributed by atoms with E-state index < -0.39 is 5.41 Å². The van der Waals surface area contributed by atoms with Crippen LogP contribution in [0.15, 0.2) is 24.3 Å². The van der Waals surface area contributed by atoms with Crippen molar-refractivity contribution in [2.45, 2.75) is 26.7 Å². The molecule has 1 amide bonds. The Kier molecular flexibility index (Phi) is 4.10. The van der Waals surface area contributed by atoms with Gasteiger partial charge >= 0.3 is 0 Å². The predicted octanol–water partition coefficient (Wildman–Crippen LogP) is 2.40. The molecule has 4 nitrogen and oxygen atoms in total. The van der Waals surface area contributed by atoms with E-state index in [0.717, 1.165) is 18.5 Å². The lowest BCUT2D eigenvalue weighted by Crippen LogP contribution is -2.51. The molecule has 2 rings (SSSR count). The smallest absolute Gasteiger partial charge is 0.231 e. The zero-order valence-electron chi connectivity index (χ0n) is 11.6. The van der Waals surface area contributed by atoms with Crippen molar-refractivity contribution in [1.29, 1.82) is 0 Å². The van der Waals surface area contributed by atoms with Crippen molar-refractivity contribution >= 4 is 11.6 Å². The zero-order valence-corrected chi connectivity index (χ0v) is 11.6. The van der Waals surface area contributed by atoms with Crippen molar-refractivity contribution in [3.8, 4) is 5.75 Å². The minimum Gasteiger partial charge on any atom is -0.492 e. The van der Waals surface area contributed by atoms with Crippen LogP contribution in [0.4, 0.5) is 5.69 Å². The van der Waals surface area contributed by atoms with E-state index in [1.54, 1.807) is 0 Å². The van der Waals surface area contributed by atoms with Crippen LogP contribution in [-0.4, -0.2) is 19.1 Å². The van der Waals surface area contributed by atoms with Gasteiger partial charge in [0, 0.05) is 6.54 Å². The van der Waals surface area contributed by atoms with Gasteiger partial charge in [0.15, 0.2) is 0 Å². The molecule has 1 saturated carbocycles. The maximum absolute atomic E-state index is 12.4. The van der Waals surface area contributed by atoms with Gasteiger partial charge in [-0.3, -0.25) is 4.79 Å². The summed E-state index contributed by atoms with van der Waals surface area (Å²) in [5.74, 6) is 1.30. The molecule has 1 aliphatic carbocycles. The van der Waals surface area contributed by atoms with Gasteiger partial charge in [-0.05, 0) is 37.8 Å². The second-order valence-electron chi connectivity index (χ2n) is 5.38. The number of nitrogens with one attached hydrogen (secondary N) is 1. The van der Waals surface area contributed by atoms with Crippen LogP contribution in [0, 0.1) is 11.3 Å². The minimum absolute atomic E-state index is 0.0141. The maximum Gasteiger partial charge on any atom is 0.231 e. The van der Waals surface area contributed by atoms with Crippen LogP contribution in [0.5, 0.6) is 5.75 Å². The van der Waals surface area contributed by atoms with E-state index in [2.05, 4.69) is 12.2 Å². The van der Waals surface area contributed by atoms with Gasteiger partial charge in [0.1, 0.15) is 5.75 Å². The van der Waals surface area contributed by atoms with Gasteiger partial charge in [0.05, 0.1) is 17.7 Å². The Bertz CT molecular complexity index is 453. The summed E-state index contributed by atoms with van der Waals surface area (Å²) in [7, 11) is 0. The normalized spacial score (nSPS) is 25.5. The number of nitrogens with two attached hydrogens (primary N) is 1. The lowest BCUT2D eigenvalue weighted by molar-refractivity contribution is -0.132. The molecule has 1 aromatic rings. The van der Waals surface area contributed by atoms with Gasteiger partial charge in [0.2, 0.25) is 5.91 Å². The van der Waals surface area contributed by atoms with Crippen molar-refractivity contribution in [1.82, 2.24) is 0 Å². The van der Waals surface area contributed by atoms with Crippen LogP contribution >= 0.6 is 0 Å². The Morgan fingerprint density at radius 3 is 2.74 bits per heavy atom. The van der Waals surface area contributed by atoms with E-state index in [-0.39, 0.29) is 5.91 Å². The monoisotopic (exact) mass is 262 g/mol. The van der Waals surface area contributed by atoms with E-state index in [9.17, 15) is 4.79 Å². The number of amides is 1. The topological polar surface area (TPSA) is 64.3 Å². The van der Waals surface area contributed by atoms with Crippen molar-refractivity contribution in [3.63, 3.8) is 0 Å². The second kappa shape index (κ2) is 5.61. The molecule has 1 aromatic carbocycles. The highest BCUT2D eigenvalue weighted by Crippen LogP contribution is 2.45. The number of carbonyl (C=O) groups is 1. The molecule has 3 N–H and O–H groups in total. The molecule has 0 bridgehead atoms. The molecule has 0 atom stereocenters. The number of hydrogen-bond acceptors (Lipinski definition) is 3. The molecule has 0 aliphatic heterocycles. The maximum atomic E-state index is 12.4. The third-order valence-electron chi connectivity index (χ3n) is 3.79. The molecule has 0 radical (unpaired) electrons. The molecule has 0 heterocycles. The minimum atomic E-state index is -0.390. The Morgan fingerprint density at radius 2 is 2.16 bits per heavy atom. The molecule has 19 heavy (non-hydrogen) atoms. The predicted molar refractivity (Wildman–Crippen MR) is 76.1 cm³/mol. The van der Waals surface area contributed by atoms with E-state index >= 15 is 0 Å². The van der Waals surface area contributed by atoms with Gasteiger partial charge < -0.3 is 15.8 Å². The van der Waals surface area contributed by atoms with Crippen LogP contribution in [0.2, 0.25) is 0 Å². The molecule has 0 unspecified atom stereocenters. The first-order valence-electron chi connectivity index (χ1n) is 6.84. The number of benzene rings is 1. The quantitative estimate of drug-likeness (QED) is 0.856. The van der Waals surface area contributed by atoms with Crippen molar-refractivity contribution < 1.29 is 9.53 Å². The van der Waals surface area contributed by atoms with Crippen LogP contribution < -0.4 is 15.8 Å². The molecule has 104 valence electrons. The summed E-state index contributed by atoms with van der Waals surface area (Å²) >= 11 is 0. The highest BCUT2D eigenvalue weighted by Gasteiger charge is 2.47. The van der Waals surface area contributed by atoms with Gasteiger partial charge in [-0.1, -0.05) is 19.1 Å². The van der Waals surface area contributed by atoms with E-state index in [0.29, 0.717) is 24.8 Å². The van der Waals surface area contributed by atoms with Crippen molar-refractivity contribution in [3.05, 3.63) is 24.3 Å². The van der Waals surface area contributed by atoms with E-state index in [4.69, 9.17) is 10.5 Å². The number of carbonyl (C=O) groups excluding carboxylic acids is 1. The van der Waals surface area contributed by atoms with Crippen molar-refractivity contribution in [2.75, 3.05) is 18.5 Å². The van der Waals surface area contributed by atoms with Crippen LogP contribution in [0.25, 0.3) is 0 Å². The summed E-state index contributed by atoms with van der Waals surface area (Å²) in [6, 6.07) is 7.49. The summed E-state index contributed by atoms with van der Waals surface area (Å²) in [4.78, 5) is 12.4. The summed E-state index contributed by atoms with van der Waals surface area (Å²) in [6.07, 6.45) is 1.73. The summed E-state index contributed by atoms with van der Waals surface area (Å²) in [6.45, 7) is 5.05. The Hall–Kier alpha value is -1.55. The Labute approximate surface area is 114 Å². The number of para-hydroxylation sites is 2. The van der Waals surface area contributed by atoms with Crippen LogP contribution in [0.3, 0.4) is 0 Å². The number of ether oxygens (including phenoxy) is 1. The molecule has 0 aromatic heterocycles. The third-order valence-corrected chi connectivity index (χ3v) is 3.79. The molecular weight excluding hydrogens is 240 g/mol. The highest BCUT2D eigenvalue weighted by molar-refractivity contribution is 5.97. The molecule has 4 heteroatoms. The Balaban J connectivity index is 2.10. The average molecular weight is 262 g/mol. The second-order valence-corrected chi connectivity index (χ2v) is 5.38.